The van der Waals surface area contributed by atoms with E-state index in [0.717, 1.165) is 53.7 Å². The summed E-state index contributed by atoms with van der Waals surface area (Å²) in [4.78, 5) is 31.7. The summed E-state index contributed by atoms with van der Waals surface area (Å²) >= 11 is 0. The van der Waals surface area contributed by atoms with Crippen molar-refractivity contribution >= 4 is 28.4 Å². The second kappa shape index (κ2) is 7.50. The van der Waals surface area contributed by atoms with Gasteiger partial charge in [-0.25, -0.2) is 0 Å². The third-order valence-electron chi connectivity index (χ3n) is 7.22. The standard InChI is InChI=1S/C25H31N5O2/c1-15-5-8-22(31)30(15)14-23(32)29(4)17-7-6-16-11-20(26-19(16)12-17)24-18-9-10-25(2,3)13-21(18)27-28-24/h6-7,11-12,15,26H,5,8-10,13-14H2,1-4H3,(H,27,28). The van der Waals surface area contributed by atoms with E-state index < -0.39 is 0 Å². The molecule has 0 spiro atoms. The molecule has 0 radical (unpaired) electrons. The molecule has 1 aromatic carbocycles. The smallest absolute Gasteiger partial charge is 0.246 e. The van der Waals surface area contributed by atoms with Crippen LogP contribution in [-0.4, -0.2) is 51.5 Å². The van der Waals surface area contributed by atoms with Crippen LogP contribution in [0.25, 0.3) is 22.3 Å². The second-order valence-corrected chi connectivity index (χ2v) is 10.2. The summed E-state index contributed by atoms with van der Waals surface area (Å²) < 4.78 is 0. The number of nitrogens with one attached hydrogen (secondary N) is 2. The summed E-state index contributed by atoms with van der Waals surface area (Å²) in [6.45, 7) is 6.73. The van der Waals surface area contributed by atoms with Crippen LogP contribution in [-0.2, 0) is 22.4 Å². The number of fused-ring (bicyclic) bond motifs is 2. The van der Waals surface area contributed by atoms with E-state index in [1.165, 1.54) is 11.3 Å². The summed E-state index contributed by atoms with van der Waals surface area (Å²) in [5, 5.41) is 8.97. The van der Waals surface area contributed by atoms with Gasteiger partial charge in [0.2, 0.25) is 11.8 Å². The number of rotatable bonds is 4. The minimum atomic E-state index is -0.0813. The van der Waals surface area contributed by atoms with Crippen molar-refractivity contribution in [2.24, 2.45) is 5.41 Å². The minimum Gasteiger partial charge on any atom is -0.353 e. The number of benzene rings is 1. The first kappa shape index (κ1) is 20.8. The molecule has 3 aromatic rings. The van der Waals surface area contributed by atoms with Crippen LogP contribution in [0, 0.1) is 5.41 Å². The van der Waals surface area contributed by atoms with Gasteiger partial charge >= 0.3 is 0 Å². The Kier molecular flexibility index (Phi) is 4.87. The molecule has 7 nitrogen and oxygen atoms in total. The lowest BCUT2D eigenvalue weighted by atomic mass is 9.76. The molecule has 1 atom stereocenters. The van der Waals surface area contributed by atoms with Crippen molar-refractivity contribution in [3.05, 3.63) is 35.5 Å². The molecule has 2 amide bonds. The fourth-order valence-electron chi connectivity index (χ4n) is 5.04. The van der Waals surface area contributed by atoms with E-state index in [4.69, 9.17) is 0 Å². The molecule has 1 fully saturated rings. The van der Waals surface area contributed by atoms with Crippen molar-refractivity contribution in [3.63, 3.8) is 0 Å². The van der Waals surface area contributed by atoms with Crippen molar-refractivity contribution < 1.29 is 9.59 Å². The number of H-pyrrole nitrogens is 2. The van der Waals surface area contributed by atoms with Crippen molar-refractivity contribution in [2.45, 2.75) is 58.9 Å². The molecule has 1 aliphatic heterocycles. The first-order chi connectivity index (χ1) is 15.2. The number of amides is 2. The molecule has 3 heterocycles. The number of anilines is 1. The van der Waals surface area contributed by atoms with Crippen molar-refractivity contribution in [1.29, 1.82) is 0 Å². The Morgan fingerprint density at radius 2 is 2.09 bits per heavy atom. The molecule has 2 aromatic heterocycles. The van der Waals surface area contributed by atoms with Gasteiger partial charge in [0.05, 0.1) is 5.69 Å². The highest BCUT2D eigenvalue weighted by Gasteiger charge is 2.31. The lowest BCUT2D eigenvalue weighted by molar-refractivity contribution is -0.133. The SMILES string of the molecule is CC1CCC(=O)N1CC(=O)N(C)c1ccc2cc(-c3n[nH]c4c3CCC(C)(C)C4)[nH]c2c1. The summed E-state index contributed by atoms with van der Waals surface area (Å²) in [6, 6.07) is 8.23. The number of nitrogens with zero attached hydrogens (tertiary/aromatic N) is 3. The Morgan fingerprint density at radius 1 is 1.28 bits per heavy atom. The number of likely N-dealkylation sites (tertiary alicyclic amines) is 1. The van der Waals surface area contributed by atoms with E-state index >= 15 is 0 Å². The van der Waals surface area contributed by atoms with Crippen LogP contribution < -0.4 is 4.90 Å². The molecular formula is C25H31N5O2. The average molecular weight is 434 g/mol. The number of hydrogen-bond donors (Lipinski definition) is 2. The topological polar surface area (TPSA) is 85.1 Å². The normalized spacial score (nSPS) is 20.1. The van der Waals surface area contributed by atoms with Crippen LogP contribution in [0.1, 0.15) is 51.3 Å². The van der Waals surface area contributed by atoms with Gasteiger partial charge in [-0.05, 0) is 56.2 Å². The number of aromatic nitrogens is 3. The Balaban J connectivity index is 1.38. The zero-order chi connectivity index (χ0) is 22.6. The van der Waals surface area contributed by atoms with E-state index in [1.807, 2.05) is 25.1 Å². The first-order valence-electron chi connectivity index (χ1n) is 11.5. The van der Waals surface area contributed by atoms with Gasteiger partial charge in [0.25, 0.3) is 0 Å². The summed E-state index contributed by atoms with van der Waals surface area (Å²) in [5.41, 5.74) is 6.64. The number of hydrogen-bond acceptors (Lipinski definition) is 3. The Bertz CT molecular complexity index is 1200. The molecule has 168 valence electrons. The van der Waals surface area contributed by atoms with Crippen molar-refractivity contribution in [2.75, 3.05) is 18.5 Å². The molecule has 5 rings (SSSR count). The molecule has 0 bridgehead atoms. The Labute approximate surface area is 188 Å². The highest BCUT2D eigenvalue weighted by atomic mass is 16.2. The lowest BCUT2D eigenvalue weighted by Gasteiger charge is -2.28. The largest absolute Gasteiger partial charge is 0.353 e. The molecule has 32 heavy (non-hydrogen) atoms. The number of carbonyl (C=O) groups excluding carboxylic acids is 2. The summed E-state index contributed by atoms with van der Waals surface area (Å²) in [7, 11) is 1.77. The molecular weight excluding hydrogens is 402 g/mol. The van der Waals surface area contributed by atoms with E-state index in [1.54, 1.807) is 16.8 Å². The Hall–Kier alpha value is -3.09. The molecule has 2 aliphatic rings. The van der Waals surface area contributed by atoms with Gasteiger partial charge in [-0.1, -0.05) is 19.9 Å². The molecule has 7 heteroatoms. The molecule has 2 N–H and O–H groups in total. The fraction of sp³-hybridized carbons (Fsp3) is 0.480. The predicted octanol–water partition coefficient (Wildman–Crippen LogP) is 4.05. The Morgan fingerprint density at radius 3 is 2.84 bits per heavy atom. The molecule has 1 saturated heterocycles. The highest BCUT2D eigenvalue weighted by molar-refractivity contribution is 5.99. The van der Waals surface area contributed by atoms with Crippen LogP contribution in [0.15, 0.2) is 24.3 Å². The van der Waals surface area contributed by atoms with Crippen LogP contribution in [0.5, 0.6) is 0 Å². The summed E-state index contributed by atoms with van der Waals surface area (Å²) in [5.74, 6) is -0.0170. The maximum absolute atomic E-state index is 12.8. The maximum Gasteiger partial charge on any atom is 0.246 e. The van der Waals surface area contributed by atoms with Crippen LogP contribution in [0.2, 0.25) is 0 Å². The lowest BCUT2D eigenvalue weighted by Crippen LogP contribution is -2.41. The van der Waals surface area contributed by atoms with E-state index in [2.05, 4.69) is 35.1 Å². The van der Waals surface area contributed by atoms with Crippen LogP contribution in [0.3, 0.4) is 0 Å². The van der Waals surface area contributed by atoms with Crippen molar-refractivity contribution in [1.82, 2.24) is 20.1 Å². The summed E-state index contributed by atoms with van der Waals surface area (Å²) in [6.07, 6.45) is 4.55. The third-order valence-corrected chi connectivity index (χ3v) is 7.22. The second-order valence-electron chi connectivity index (χ2n) is 10.2. The van der Waals surface area contributed by atoms with Gasteiger partial charge in [-0.3, -0.25) is 14.7 Å². The van der Waals surface area contributed by atoms with Gasteiger partial charge in [-0.2, -0.15) is 5.10 Å². The van der Waals surface area contributed by atoms with E-state index in [9.17, 15) is 9.59 Å². The predicted molar refractivity (Wildman–Crippen MR) is 126 cm³/mol. The number of likely N-dealkylation sites (N-methyl/N-ethyl adjacent to an activating group) is 1. The van der Waals surface area contributed by atoms with Gasteiger partial charge in [-0.15, -0.1) is 0 Å². The van der Waals surface area contributed by atoms with Crippen LogP contribution >= 0.6 is 0 Å². The van der Waals surface area contributed by atoms with Gasteiger partial charge in [0.1, 0.15) is 12.2 Å². The first-order valence-corrected chi connectivity index (χ1v) is 11.5. The van der Waals surface area contributed by atoms with Gasteiger partial charge in [0, 0.05) is 47.4 Å². The van der Waals surface area contributed by atoms with E-state index in [-0.39, 0.29) is 24.4 Å². The quantitative estimate of drug-likeness (QED) is 0.651. The van der Waals surface area contributed by atoms with Crippen molar-refractivity contribution in [3.8, 4) is 11.4 Å². The molecule has 1 aliphatic carbocycles. The zero-order valence-electron chi connectivity index (χ0n) is 19.3. The number of carbonyl (C=O) groups is 2. The average Bonchev–Trinajstić information content (AvgIpc) is 3.44. The molecule has 0 saturated carbocycles. The van der Waals surface area contributed by atoms with E-state index in [0.29, 0.717) is 11.8 Å². The number of aromatic amines is 2. The monoisotopic (exact) mass is 433 g/mol. The fourth-order valence-corrected chi connectivity index (χ4v) is 5.04. The highest BCUT2D eigenvalue weighted by Crippen LogP contribution is 2.38. The van der Waals surface area contributed by atoms with Gasteiger partial charge < -0.3 is 14.8 Å². The maximum atomic E-state index is 12.8. The zero-order valence-corrected chi connectivity index (χ0v) is 19.3. The molecule has 1 unspecified atom stereocenters. The minimum absolute atomic E-state index is 0.0643. The van der Waals surface area contributed by atoms with Crippen LogP contribution in [0.4, 0.5) is 5.69 Å². The third kappa shape index (κ3) is 3.59. The van der Waals surface area contributed by atoms with Gasteiger partial charge in [0.15, 0.2) is 0 Å².